The van der Waals surface area contributed by atoms with Crippen molar-refractivity contribution < 1.29 is 13.4 Å². The van der Waals surface area contributed by atoms with Crippen molar-refractivity contribution in [1.82, 2.24) is 3.97 Å². The molecule has 4 nitrogen and oxygen atoms in total. The van der Waals surface area contributed by atoms with Crippen LogP contribution in [0.15, 0.2) is 65.6 Å². The number of rotatable bonds is 3. The van der Waals surface area contributed by atoms with E-state index in [-0.39, 0.29) is 12.4 Å². The summed E-state index contributed by atoms with van der Waals surface area (Å²) in [5, 5.41) is 10.2. The van der Waals surface area contributed by atoms with Gasteiger partial charge >= 0.3 is 7.48 Å². The Morgan fingerprint density at radius 3 is 2.30 bits per heavy atom. The van der Waals surface area contributed by atoms with E-state index in [9.17, 15) is 13.4 Å². The van der Waals surface area contributed by atoms with Gasteiger partial charge in [-0.15, -0.1) is 0 Å². The van der Waals surface area contributed by atoms with E-state index in [0.717, 1.165) is 5.39 Å². The molecule has 0 fully saturated rings. The molecule has 1 N–H and O–H groups in total. The molecule has 0 amide bonds. The minimum absolute atomic E-state index is 0.205. The maximum atomic E-state index is 12.7. The summed E-state index contributed by atoms with van der Waals surface area (Å²) >= 11 is 0. The van der Waals surface area contributed by atoms with E-state index < -0.39 is 10.0 Å². The Labute approximate surface area is 117 Å². The number of para-hydroxylation sites is 1. The Hall–Kier alpha value is -2.05. The zero-order valence-electron chi connectivity index (χ0n) is 10.6. The van der Waals surface area contributed by atoms with Crippen LogP contribution >= 0.6 is 0 Å². The molecule has 1 aromatic heterocycles. The second-order valence-corrected chi connectivity index (χ2v) is 6.22. The Morgan fingerprint density at radius 1 is 0.950 bits per heavy atom. The highest BCUT2D eigenvalue weighted by Gasteiger charge is 2.22. The molecule has 20 heavy (non-hydrogen) atoms. The summed E-state index contributed by atoms with van der Waals surface area (Å²) in [6.45, 7) is 0. The van der Waals surface area contributed by atoms with Crippen molar-refractivity contribution in [3.63, 3.8) is 0 Å². The molecule has 100 valence electrons. The molecule has 0 aliphatic heterocycles. The minimum Gasteiger partial charge on any atom is -0.448 e. The molecule has 0 aliphatic rings. The second kappa shape index (κ2) is 4.81. The Bertz CT molecular complexity index is 857. The number of hydrogen-bond donors (Lipinski definition) is 1. The van der Waals surface area contributed by atoms with E-state index in [4.69, 9.17) is 0 Å². The van der Waals surface area contributed by atoms with Crippen molar-refractivity contribution in [2.45, 2.75) is 4.90 Å². The van der Waals surface area contributed by atoms with Crippen LogP contribution in [0.3, 0.4) is 0 Å². The molecule has 0 atom stereocenters. The maximum Gasteiger partial charge on any atom is 0.324 e. The first kappa shape index (κ1) is 13.0. The molecule has 2 aromatic carbocycles. The normalized spacial score (nSPS) is 11.7. The van der Waals surface area contributed by atoms with Gasteiger partial charge in [0, 0.05) is 11.0 Å². The quantitative estimate of drug-likeness (QED) is 0.726. The topological polar surface area (TPSA) is 59.3 Å². The molecule has 0 saturated heterocycles. The van der Waals surface area contributed by atoms with E-state index in [0.29, 0.717) is 11.1 Å². The first-order chi connectivity index (χ1) is 9.64. The Morgan fingerprint density at radius 2 is 1.60 bits per heavy atom. The van der Waals surface area contributed by atoms with E-state index in [1.807, 2.05) is 12.1 Å². The number of benzene rings is 2. The van der Waals surface area contributed by atoms with Crippen LogP contribution in [0.2, 0.25) is 0 Å². The maximum absolute atomic E-state index is 12.7. The summed E-state index contributed by atoms with van der Waals surface area (Å²) in [7, 11) is -4.04. The van der Waals surface area contributed by atoms with Gasteiger partial charge in [0.15, 0.2) is 0 Å². The largest absolute Gasteiger partial charge is 0.448 e. The van der Waals surface area contributed by atoms with Crippen LogP contribution in [0.4, 0.5) is 0 Å². The summed E-state index contributed by atoms with van der Waals surface area (Å²) in [5.41, 5.74) is 0.926. The third-order valence-electron chi connectivity index (χ3n) is 3.18. The average Bonchev–Trinajstić information content (AvgIpc) is 2.87. The predicted molar refractivity (Wildman–Crippen MR) is 80.0 cm³/mol. The van der Waals surface area contributed by atoms with Crippen molar-refractivity contribution >= 4 is 34.0 Å². The van der Waals surface area contributed by atoms with Crippen molar-refractivity contribution in [2.24, 2.45) is 0 Å². The standard InChI is InChI=1S/C14H12BNO3S/c17-15-14-10-11-6-4-5-9-13(11)16(14)20(18,19)12-7-2-1-3-8-12/h1-10,15,17H. The van der Waals surface area contributed by atoms with Gasteiger partial charge in [-0.05, 0) is 24.3 Å². The van der Waals surface area contributed by atoms with E-state index in [2.05, 4.69) is 0 Å². The molecule has 0 unspecified atom stereocenters. The van der Waals surface area contributed by atoms with Crippen molar-refractivity contribution in [3.05, 3.63) is 60.7 Å². The van der Waals surface area contributed by atoms with E-state index in [1.54, 1.807) is 48.5 Å². The average molecular weight is 285 g/mol. The number of hydrogen-bond acceptors (Lipinski definition) is 3. The Kier molecular flexibility index (Phi) is 3.12. The molecular weight excluding hydrogens is 273 g/mol. The number of fused-ring (bicyclic) bond motifs is 1. The molecule has 0 bridgehead atoms. The molecular formula is C14H12BNO3S. The molecule has 1 heterocycles. The number of nitrogens with zero attached hydrogens (tertiary/aromatic N) is 1. The fourth-order valence-electron chi connectivity index (χ4n) is 2.28. The molecule has 0 saturated carbocycles. The minimum atomic E-state index is -3.71. The van der Waals surface area contributed by atoms with Crippen molar-refractivity contribution in [3.8, 4) is 0 Å². The lowest BCUT2D eigenvalue weighted by Gasteiger charge is -2.10. The smallest absolute Gasteiger partial charge is 0.324 e. The van der Waals surface area contributed by atoms with Gasteiger partial charge in [-0.25, -0.2) is 12.4 Å². The van der Waals surface area contributed by atoms with Crippen LogP contribution in [0.1, 0.15) is 0 Å². The van der Waals surface area contributed by atoms with Gasteiger partial charge in [0.05, 0.1) is 10.4 Å². The lowest BCUT2D eigenvalue weighted by atomic mass is 9.97. The highest BCUT2D eigenvalue weighted by molar-refractivity contribution is 7.90. The van der Waals surface area contributed by atoms with Crippen molar-refractivity contribution in [1.29, 1.82) is 0 Å². The van der Waals surface area contributed by atoms with Crippen LogP contribution in [0.25, 0.3) is 10.9 Å². The van der Waals surface area contributed by atoms with Crippen molar-refractivity contribution in [2.75, 3.05) is 0 Å². The summed E-state index contributed by atoms with van der Waals surface area (Å²) in [6, 6.07) is 17.1. The first-order valence-electron chi connectivity index (χ1n) is 6.15. The summed E-state index contributed by atoms with van der Waals surface area (Å²) in [4.78, 5) is 0.205. The highest BCUT2D eigenvalue weighted by Crippen LogP contribution is 2.20. The molecule has 6 heteroatoms. The van der Waals surface area contributed by atoms with E-state index in [1.165, 1.54) is 3.97 Å². The van der Waals surface area contributed by atoms with Gasteiger partial charge in [-0.3, -0.25) is 0 Å². The lowest BCUT2D eigenvalue weighted by molar-refractivity contribution is 0.587. The van der Waals surface area contributed by atoms with Gasteiger partial charge in [0.2, 0.25) is 0 Å². The molecule has 3 rings (SSSR count). The third kappa shape index (κ3) is 1.93. The Balaban J connectivity index is 2.34. The third-order valence-corrected chi connectivity index (χ3v) is 4.96. The predicted octanol–water partition coefficient (Wildman–Crippen LogP) is 0.847. The lowest BCUT2D eigenvalue weighted by Crippen LogP contribution is -2.29. The van der Waals surface area contributed by atoms with Crippen LogP contribution in [-0.2, 0) is 10.0 Å². The summed E-state index contributed by atoms with van der Waals surface area (Å²) in [6.07, 6.45) is 0. The highest BCUT2D eigenvalue weighted by atomic mass is 32.2. The van der Waals surface area contributed by atoms with Crippen LogP contribution in [0, 0.1) is 0 Å². The van der Waals surface area contributed by atoms with Gasteiger partial charge < -0.3 is 5.02 Å². The summed E-state index contributed by atoms with van der Waals surface area (Å²) in [5.74, 6) is 0. The SMILES string of the molecule is O=S(=O)(c1ccccc1)n1c(BO)cc2ccccc21. The molecule has 0 spiro atoms. The second-order valence-electron chi connectivity index (χ2n) is 4.44. The van der Waals surface area contributed by atoms with Gasteiger partial charge in [0.25, 0.3) is 10.0 Å². The van der Waals surface area contributed by atoms with Crippen LogP contribution in [-0.4, -0.2) is 24.9 Å². The van der Waals surface area contributed by atoms with Gasteiger partial charge in [0.1, 0.15) is 0 Å². The molecule has 0 radical (unpaired) electrons. The fourth-order valence-corrected chi connectivity index (χ4v) is 3.84. The first-order valence-corrected chi connectivity index (χ1v) is 7.59. The van der Waals surface area contributed by atoms with Crippen LogP contribution in [0.5, 0.6) is 0 Å². The monoisotopic (exact) mass is 285 g/mol. The fraction of sp³-hybridized carbons (Fsp3) is 0. The molecule has 0 aliphatic carbocycles. The summed E-state index contributed by atoms with van der Waals surface area (Å²) < 4.78 is 26.7. The zero-order valence-corrected chi connectivity index (χ0v) is 11.4. The van der Waals surface area contributed by atoms with Gasteiger partial charge in [-0.1, -0.05) is 36.4 Å². The number of aromatic nitrogens is 1. The van der Waals surface area contributed by atoms with Gasteiger partial charge in [-0.2, -0.15) is 0 Å². The van der Waals surface area contributed by atoms with Crippen LogP contribution < -0.4 is 5.59 Å². The zero-order chi connectivity index (χ0) is 14.2. The van der Waals surface area contributed by atoms with E-state index >= 15 is 0 Å². The molecule has 3 aromatic rings.